The van der Waals surface area contributed by atoms with Crippen molar-refractivity contribution < 1.29 is 0 Å². The summed E-state index contributed by atoms with van der Waals surface area (Å²) in [6.07, 6.45) is 0. The van der Waals surface area contributed by atoms with Crippen molar-refractivity contribution in [2.24, 2.45) is 0 Å². The normalized spacial score (nSPS) is 11.7. The smallest absolute Gasteiger partial charge is 0.267 e. The SMILES string of the molecule is Cc1cc(C)n(-c2nn3c(=O)c4c(-c5ccccc5)csc4nc3c3ccccc23)n1. The quantitative estimate of drug-likeness (QED) is 0.371. The van der Waals surface area contributed by atoms with E-state index in [0.29, 0.717) is 16.9 Å². The van der Waals surface area contributed by atoms with Crippen molar-refractivity contribution in [2.75, 3.05) is 0 Å². The molecule has 0 unspecified atom stereocenters. The second kappa shape index (κ2) is 6.58. The van der Waals surface area contributed by atoms with Crippen LogP contribution in [0.15, 0.2) is 70.8 Å². The Morgan fingerprint density at radius 2 is 1.65 bits per heavy atom. The lowest BCUT2D eigenvalue weighted by molar-refractivity contribution is 0.765. The largest absolute Gasteiger partial charge is 0.283 e. The maximum atomic E-state index is 13.7. The highest BCUT2D eigenvalue weighted by Gasteiger charge is 2.19. The van der Waals surface area contributed by atoms with Crippen LogP contribution in [-0.2, 0) is 0 Å². The van der Waals surface area contributed by atoms with Gasteiger partial charge in [0.05, 0.1) is 11.1 Å². The van der Waals surface area contributed by atoms with Crippen LogP contribution in [0.25, 0.3) is 43.6 Å². The van der Waals surface area contributed by atoms with E-state index in [0.717, 1.165) is 38.1 Å². The average molecular weight is 424 g/mol. The number of aromatic nitrogens is 5. The fraction of sp³-hybridized carbons (Fsp3) is 0.0833. The Morgan fingerprint density at radius 3 is 2.39 bits per heavy atom. The summed E-state index contributed by atoms with van der Waals surface area (Å²) >= 11 is 1.48. The molecule has 0 N–H and O–H groups in total. The Morgan fingerprint density at radius 1 is 0.903 bits per heavy atom. The van der Waals surface area contributed by atoms with Crippen molar-refractivity contribution in [3.63, 3.8) is 0 Å². The van der Waals surface area contributed by atoms with Crippen LogP contribution in [0.5, 0.6) is 0 Å². The molecule has 6 rings (SSSR count). The number of hydrogen-bond donors (Lipinski definition) is 0. The lowest BCUT2D eigenvalue weighted by atomic mass is 10.1. The first-order chi connectivity index (χ1) is 15.1. The molecular weight excluding hydrogens is 406 g/mol. The Labute approximate surface area is 181 Å². The van der Waals surface area contributed by atoms with E-state index in [1.807, 2.05) is 79.9 Å². The molecule has 0 aliphatic rings. The number of thiophene rings is 1. The van der Waals surface area contributed by atoms with Crippen molar-refractivity contribution in [1.29, 1.82) is 0 Å². The van der Waals surface area contributed by atoms with Gasteiger partial charge >= 0.3 is 0 Å². The minimum Gasteiger partial charge on any atom is -0.267 e. The molecule has 4 aromatic heterocycles. The molecule has 0 saturated heterocycles. The summed E-state index contributed by atoms with van der Waals surface area (Å²) in [4.78, 5) is 19.3. The first kappa shape index (κ1) is 18.0. The fourth-order valence-corrected chi connectivity index (χ4v) is 5.04. The highest BCUT2D eigenvalue weighted by atomic mass is 32.1. The van der Waals surface area contributed by atoms with Crippen molar-refractivity contribution in [2.45, 2.75) is 13.8 Å². The van der Waals surface area contributed by atoms with Gasteiger partial charge in [0, 0.05) is 27.4 Å². The van der Waals surface area contributed by atoms with Gasteiger partial charge in [0.15, 0.2) is 11.5 Å². The Balaban J connectivity index is 1.77. The summed E-state index contributed by atoms with van der Waals surface area (Å²) in [7, 11) is 0. The van der Waals surface area contributed by atoms with Gasteiger partial charge in [-0.15, -0.1) is 16.4 Å². The molecule has 0 amide bonds. The third-order valence-electron chi connectivity index (χ3n) is 5.48. The summed E-state index contributed by atoms with van der Waals surface area (Å²) in [5.74, 6) is 0.619. The number of aryl methyl sites for hydroxylation is 2. The van der Waals surface area contributed by atoms with E-state index in [1.165, 1.54) is 15.9 Å². The fourth-order valence-electron chi connectivity index (χ4n) is 4.10. The molecule has 0 spiro atoms. The molecule has 0 saturated carbocycles. The summed E-state index contributed by atoms with van der Waals surface area (Å²) in [5, 5.41) is 13.7. The predicted octanol–water partition coefficient (Wildman–Crippen LogP) is 4.93. The summed E-state index contributed by atoms with van der Waals surface area (Å²) in [6, 6.07) is 19.8. The molecule has 150 valence electrons. The Kier molecular flexibility index (Phi) is 3.82. The zero-order valence-corrected chi connectivity index (χ0v) is 17.7. The molecule has 31 heavy (non-hydrogen) atoms. The van der Waals surface area contributed by atoms with E-state index in [2.05, 4.69) is 5.10 Å². The van der Waals surface area contributed by atoms with Crippen LogP contribution in [0, 0.1) is 13.8 Å². The molecule has 0 fully saturated rings. The highest BCUT2D eigenvalue weighted by Crippen LogP contribution is 2.32. The van der Waals surface area contributed by atoms with Gasteiger partial charge in [-0.2, -0.15) is 9.61 Å². The van der Waals surface area contributed by atoms with Crippen molar-refractivity contribution in [3.8, 4) is 16.9 Å². The van der Waals surface area contributed by atoms with Crippen LogP contribution in [0.2, 0.25) is 0 Å². The van der Waals surface area contributed by atoms with E-state index < -0.39 is 0 Å². The van der Waals surface area contributed by atoms with E-state index in [9.17, 15) is 4.79 Å². The summed E-state index contributed by atoms with van der Waals surface area (Å²) in [6.45, 7) is 3.93. The number of benzene rings is 2. The predicted molar refractivity (Wildman–Crippen MR) is 124 cm³/mol. The lowest BCUT2D eigenvalue weighted by Gasteiger charge is -2.11. The summed E-state index contributed by atoms with van der Waals surface area (Å²) < 4.78 is 3.22. The van der Waals surface area contributed by atoms with Gasteiger partial charge in [0.25, 0.3) is 5.56 Å². The second-order valence-corrected chi connectivity index (χ2v) is 8.41. The minimum atomic E-state index is -0.173. The van der Waals surface area contributed by atoms with Gasteiger partial charge < -0.3 is 0 Å². The zero-order chi connectivity index (χ0) is 21.1. The Hall–Kier alpha value is -3.84. The first-order valence-electron chi connectivity index (χ1n) is 9.94. The van der Waals surface area contributed by atoms with Crippen molar-refractivity contribution >= 4 is 38.0 Å². The van der Waals surface area contributed by atoms with Gasteiger partial charge in [-0.1, -0.05) is 54.6 Å². The minimum absolute atomic E-state index is 0.173. The molecule has 0 radical (unpaired) electrons. The van der Waals surface area contributed by atoms with Crippen LogP contribution in [0.1, 0.15) is 11.4 Å². The molecule has 2 aromatic carbocycles. The van der Waals surface area contributed by atoms with Gasteiger partial charge in [0.1, 0.15) is 4.83 Å². The van der Waals surface area contributed by atoms with Crippen molar-refractivity contribution in [3.05, 3.63) is 87.8 Å². The Bertz CT molecular complexity index is 1680. The van der Waals surface area contributed by atoms with Crippen LogP contribution in [0.4, 0.5) is 0 Å². The average Bonchev–Trinajstić information content (AvgIpc) is 3.37. The third kappa shape index (κ3) is 2.63. The number of fused-ring (bicyclic) bond motifs is 4. The van der Waals surface area contributed by atoms with Crippen molar-refractivity contribution in [1.82, 2.24) is 24.4 Å². The summed E-state index contributed by atoms with van der Waals surface area (Å²) in [5.41, 5.74) is 4.11. The maximum Gasteiger partial charge on any atom is 0.283 e. The van der Waals surface area contributed by atoms with Gasteiger partial charge in [-0.25, -0.2) is 9.67 Å². The van der Waals surface area contributed by atoms with Gasteiger partial charge in [-0.3, -0.25) is 4.79 Å². The van der Waals surface area contributed by atoms with Gasteiger partial charge in [0.2, 0.25) is 0 Å². The van der Waals surface area contributed by atoms with Crippen LogP contribution < -0.4 is 5.56 Å². The van der Waals surface area contributed by atoms with Gasteiger partial charge in [-0.05, 0) is 25.5 Å². The van der Waals surface area contributed by atoms with Crippen LogP contribution >= 0.6 is 11.3 Å². The molecule has 6 aromatic rings. The van der Waals surface area contributed by atoms with E-state index in [-0.39, 0.29) is 5.56 Å². The van der Waals surface area contributed by atoms with Crippen LogP contribution in [-0.4, -0.2) is 24.4 Å². The highest BCUT2D eigenvalue weighted by molar-refractivity contribution is 7.17. The number of hydrogen-bond acceptors (Lipinski definition) is 5. The van der Waals surface area contributed by atoms with E-state index >= 15 is 0 Å². The number of nitrogens with zero attached hydrogens (tertiary/aromatic N) is 5. The van der Waals surface area contributed by atoms with Crippen LogP contribution in [0.3, 0.4) is 0 Å². The molecule has 4 heterocycles. The monoisotopic (exact) mass is 423 g/mol. The lowest BCUT2D eigenvalue weighted by Crippen LogP contribution is -2.20. The molecule has 0 aliphatic carbocycles. The molecule has 0 atom stereocenters. The molecular formula is C24H17N5OS. The molecule has 6 nitrogen and oxygen atoms in total. The van der Waals surface area contributed by atoms with E-state index in [1.54, 1.807) is 4.68 Å². The molecule has 0 aliphatic heterocycles. The third-order valence-corrected chi connectivity index (χ3v) is 6.36. The maximum absolute atomic E-state index is 13.7. The number of rotatable bonds is 2. The van der Waals surface area contributed by atoms with E-state index in [4.69, 9.17) is 10.1 Å². The standard InChI is InChI=1S/C24H17N5OS/c1-14-12-15(2)28(26-14)22-18-11-7-6-10-17(18)21-25-23-20(24(30)29(21)27-22)19(13-31-23)16-8-4-3-5-9-16/h3-13H,1-2H3. The topological polar surface area (TPSA) is 65.1 Å². The molecule has 0 bridgehead atoms. The zero-order valence-electron chi connectivity index (χ0n) is 16.9. The molecule has 7 heteroatoms. The second-order valence-electron chi connectivity index (χ2n) is 7.56. The first-order valence-corrected chi connectivity index (χ1v) is 10.8.